The second-order valence-electron chi connectivity index (χ2n) is 5.07. The number of hydrogen-bond donors (Lipinski definition) is 1. The van der Waals surface area contributed by atoms with E-state index in [-0.39, 0.29) is 11.7 Å². The number of halogens is 1. The highest BCUT2D eigenvalue weighted by Crippen LogP contribution is 2.21. The second-order valence-corrected chi connectivity index (χ2v) is 6.94. The van der Waals surface area contributed by atoms with E-state index in [9.17, 15) is 4.79 Å². The predicted octanol–water partition coefficient (Wildman–Crippen LogP) is 3.51. The van der Waals surface area contributed by atoms with Crippen LogP contribution in [0.3, 0.4) is 0 Å². The third-order valence-electron chi connectivity index (χ3n) is 3.21. The summed E-state index contributed by atoms with van der Waals surface area (Å²) in [7, 11) is 0. The number of carbonyl (C=O) groups excluding carboxylic acids is 1. The summed E-state index contributed by atoms with van der Waals surface area (Å²) in [5.41, 5.74) is 4.35. The molecule has 27 heavy (non-hydrogen) atoms. The maximum Gasteiger partial charge on any atom is 0.365 e. The molecule has 0 aliphatic carbocycles. The van der Waals surface area contributed by atoms with Crippen molar-refractivity contribution in [3.8, 4) is 5.69 Å². The Labute approximate surface area is 168 Å². The number of benzene rings is 2. The standard InChI is InChI=1S/C17H15BrN6O2S/c1-2-26-16(25)15(20-19-13-10-8-12(18)9-11-13)27-17-21-22-23-24(17)14-6-4-3-5-7-14/h3-11,19H,2H2,1H3. The number of rotatable bonds is 5. The molecule has 0 fully saturated rings. The molecule has 0 atom stereocenters. The predicted molar refractivity (Wildman–Crippen MR) is 107 cm³/mol. The Kier molecular flexibility index (Phi) is 6.55. The molecule has 1 N–H and O–H groups in total. The summed E-state index contributed by atoms with van der Waals surface area (Å²) in [6, 6.07) is 16.8. The normalized spacial score (nSPS) is 11.3. The van der Waals surface area contributed by atoms with Gasteiger partial charge in [-0.25, -0.2) is 4.79 Å². The summed E-state index contributed by atoms with van der Waals surface area (Å²) in [5, 5.41) is 16.3. The lowest BCUT2D eigenvalue weighted by Gasteiger charge is -2.07. The van der Waals surface area contributed by atoms with Crippen LogP contribution in [0.25, 0.3) is 5.69 Å². The quantitative estimate of drug-likeness (QED) is 0.210. The van der Waals surface area contributed by atoms with Crippen LogP contribution >= 0.6 is 27.7 Å². The van der Waals surface area contributed by atoms with Gasteiger partial charge in [0, 0.05) is 4.47 Å². The zero-order valence-corrected chi connectivity index (χ0v) is 16.6. The van der Waals surface area contributed by atoms with E-state index < -0.39 is 5.97 Å². The van der Waals surface area contributed by atoms with Gasteiger partial charge in [-0.15, -0.1) is 5.10 Å². The molecule has 0 spiro atoms. The Morgan fingerprint density at radius 3 is 2.67 bits per heavy atom. The Morgan fingerprint density at radius 1 is 1.22 bits per heavy atom. The first-order chi connectivity index (χ1) is 13.2. The minimum atomic E-state index is -0.560. The molecule has 0 amide bonds. The zero-order chi connectivity index (χ0) is 19.1. The molecule has 0 unspecified atom stereocenters. The average Bonchev–Trinajstić information content (AvgIpc) is 3.15. The molecule has 3 aromatic rings. The monoisotopic (exact) mass is 446 g/mol. The summed E-state index contributed by atoms with van der Waals surface area (Å²) in [4.78, 5) is 12.3. The van der Waals surface area contributed by atoms with Crippen molar-refractivity contribution in [1.29, 1.82) is 0 Å². The van der Waals surface area contributed by atoms with Gasteiger partial charge in [0.2, 0.25) is 10.2 Å². The molecular formula is C17H15BrN6O2S. The van der Waals surface area contributed by atoms with Crippen LogP contribution in [0.1, 0.15) is 6.92 Å². The number of ether oxygens (including phenoxy) is 1. The minimum absolute atomic E-state index is 0.0896. The van der Waals surface area contributed by atoms with E-state index in [0.29, 0.717) is 5.16 Å². The Hall–Kier alpha value is -2.72. The first-order valence-corrected chi connectivity index (χ1v) is 9.56. The zero-order valence-electron chi connectivity index (χ0n) is 14.2. The fraction of sp³-hybridized carbons (Fsp3) is 0.118. The van der Waals surface area contributed by atoms with E-state index in [4.69, 9.17) is 4.74 Å². The van der Waals surface area contributed by atoms with E-state index in [1.807, 2.05) is 54.6 Å². The van der Waals surface area contributed by atoms with Crippen molar-refractivity contribution in [2.45, 2.75) is 12.1 Å². The highest BCUT2D eigenvalue weighted by atomic mass is 79.9. The lowest BCUT2D eigenvalue weighted by molar-refractivity contribution is -0.134. The molecule has 1 heterocycles. The smallest absolute Gasteiger partial charge is 0.365 e. The van der Waals surface area contributed by atoms with Crippen molar-refractivity contribution in [1.82, 2.24) is 20.2 Å². The van der Waals surface area contributed by atoms with Crippen LogP contribution in [0.4, 0.5) is 5.69 Å². The Morgan fingerprint density at radius 2 is 1.96 bits per heavy atom. The molecule has 0 aliphatic rings. The fourth-order valence-corrected chi connectivity index (χ4v) is 2.98. The first kappa shape index (κ1) is 19.1. The van der Waals surface area contributed by atoms with E-state index in [1.54, 1.807) is 6.92 Å². The lowest BCUT2D eigenvalue weighted by atomic mass is 10.3. The van der Waals surface area contributed by atoms with Gasteiger partial charge in [-0.3, -0.25) is 5.43 Å². The summed E-state index contributed by atoms with van der Waals surface area (Å²) < 4.78 is 7.56. The molecule has 0 bridgehead atoms. The number of nitrogens with one attached hydrogen (secondary N) is 1. The van der Waals surface area contributed by atoms with Crippen molar-refractivity contribution in [2.24, 2.45) is 5.10 Å². The lowest BCUT2D eigenvalue weighted by Crippen LogP contribution is -2.17. The van der Waals surface area contributed by atoms with Crippen molar-refractivity contribution < 1.29 is 9.53 Å². The van der Waals surface area contributed by atoms with Gasteiger partial charge in [-0.2, -0.15) is 9.78 Å². The SMILES string of the molecule is CCOC(=O)C(=NNc1ccc(Br)cc1)Sc1nnnn1-c1ccccc1. The number of esters is 1. The van der Waals surface area contributed by atoms with Crippen molar-refractivity contribution >= 4 is 44.4 Å². The van der Waals surface area contributed by atoms with Crippen molar-refractivity contribution in [3.05, 3.63) is 59.1 Å². The number of anilines is 1. The Bertz CT molecular complexity index is 930. The van der Waals surface area contributed by atoms with Crippen LogP contribution in [0.2, 0.25) is 0 Å². The summed E-state index contributed by atoms with van der Waals surface area (Å²) in [6.07, 6.45) is 0. The van der Waals surface area contributed by atoms with Gasteiger partial charge in [0.25, 0.3) is 0 Å². The van der Waals surface area contributed by atoms with Crippen molar-refractivity contribution in [3.63, 3.8) is 0 Å². The molecular weight excluding hydrogens is 432 g/mol. The minimum Gasteiger partial charge on any atom is -0.461 e. The topological polar surface area (TPSA) is 94.3 Å². The Balaban J connectivity index is 1.84. The number of aromatic nitrogens is 4. The van der Waals surface area contributed by atoms with Gasteiger partial charge in [0.05, 0.1) is 18.0 Å². The summed E-state index contributed by atoms with van der Waals surface area (Å²) in [6.45, 7) is 1.97. The molecule has 10 heteroatoms. The maximum absolute atomic E-state index is 12.3. The first-order valence-electron chi connectivity index (χ1n) is 7.95. The number of thioether (sulfide) groups is 1. The highest BCUT2D eigenvalue weighted by molar-refractivity contribution is 9.10. The molecule has 0 saturated carbocycles. The van der Waals surface area contributed by atoms with Crippen LogP contribution in [0.15, 0.2) is 69.3 Å². The van der Waals surface area contributed by atoms with Crippen LogP contribution < -0.4 is 5.43 Å². The third-order valence-corrected chi connectivity index (χ3v) is 4.63. The molecule has 8 nitrogen and oxygen atoms in total. The van der Waals surface area contributed by atoms with Crippen LogP contribution in [0, 0.1) is 0 Å². The second kappa shape index (κ2) is 9.28. The van der Waals surface area contributed by atoms with Gasteiger partial charge < -0.3 is 4.74 Å². The molecule has 0 aliphatic heterocycles. The molecule has 2 aromatic carbocycles. The molecule has 1 aromatic heterocycles. The van der Waals surface area contributed by atoms with Crippen molar-refractivity contribution in [2.75, 3.05) is 12.0 Å². The van der Waals surface area contributed by atoms with E-state index in [2.05, 4.69) is 42.0 Å². The number of hydrogen-bond acceptors (Lipinski definition) is 8. The summed E-state index contributed by atoms with van der Waals surface area (Å²) >= 11 is 4.39. The molecule has 3 rings (SSSR count). The molecule has 0 radical (unpaired) electrons. The van der Waals surface area contributed by atoms with Gasteiger partial charge in [0.1, 0.15) is 0 Å². The third kappa shape index (κ3) is 5.14. The van der Waals surface area contributed by atoms with E-state index in [1.165, 1.54) is 4.68 Å². The average molecular weight is 447 g/mol. The maximum atomic E-state index is 12.3. The fourth-order valence-electron chi connectivity index (χ4n) is 2.00. The largest absolute Gasteiger partial charge is 0.461 e. The highest BCUT2D eigenvalue weighted by Gasteiger charge is 2.20. The van der Waals surface area contributed by atoms with E-state index in [0.717, 1.165) is 27.6 Å². The number of para-hydroxylation sites is 1. The van der Waals surface area contributed by atoms with Crippen LogP contribution in [-0.2, 0) is 9.53 Å². The van der Waals surface area contributed by atoms with Gasteiger partial charge in [0.15, 0.2) is 0 Å². The molecule has 0 saturated heterocycles. The van der Waals surface area contributed by atoms with Gasteiger partial charge in [-0.05, 0) is 65.5 Å². The van der Waals surface area contributed by atoms with Gasteiger partial charge >= 0.3 is 5.97 Å². The summed E-state index contributed by atoms with van der Waals surface area (Å²) in [5.74, 6) is -0.560. The number of tetrazole rings is 1. The number of carbonyl (C=O) groups is 1. The number of hydrazone groups is 1. The number of nitrogens with zero attached hydrogens (tertiary/aromatic N) is 5. The van der Waals surface area contributed by atoms with Crippen LogP contribution in [0.5, 0.6) is 0 Å². The van der Waals surface area contributed by atoms with Crippen LogP contribution in [-0.4, -0.2) is 37.8 Å². The van der Waals surface area contributed by atoms with E-state index >= 15 is 0 Å². The van der Waals surface area contributed by atoms with Gasteiger partial charge in [-0.1, -0.05) is 34.1 Å². The molecule has 138 valence electrons.